The Bertz CT molecular complexity index is 1530. The number of hydrogen-bond donors (Lipinski definition) is 7. The number of benzene rings is 1. The third kappa shape index (κ3) is 14.6. The van der Waals surface area contributed by atoms with Crippen molar-refractivity contribution in [3.05, 3.63) is 84.2 Å². The molecule has 288 valence electrons. The Labute approximate surface area is 312 Å². The van der Waals surface area contributed by atoms with E-state index in [0.29, 0.717) is 43.8 Å². The van der Waals surface area contributed by atoms with Crippen LogP contribution < -0.4 is 21.3 Å². The van der Waals surface area contributed by atoms with Crippen LogP contribution >= 0.6 is 0 Å². The van der Waals surface area contributed by atoms with Crippen molar-refractivity contribution in [2.24, 2.45) is 17.8 Å². The molecule has 0 aliphatic heterocycles. The van der Waals surface area contributed by atoms with E-state index in [1.165, 1.54) is 12.7 Å². The molecule has 4 amide bonds. The minimum absolute atomic E-state index is 0.0456. The van der Waals surface area contributed by atoms with Gasteiger partial charge in [-0.25, -0.2) is 9.78 Å². The topological polar surface area (TPSA) is 198 Å². The molecule has 0 spiro atoms. The molecule has 0 saturated heterocycles. The lowest BCUT2D eigenvalue weighted by molar-refractivity contribution is -0.131. The van der Waals surface area contributed by atoms with Gasteiger partial charge in [-0.3, -0.25) is 19.4 Å². The first-order valence-corrected chi connectivity index (χ1v) is 19.0. The molecule has 13 nitrogen and oxygen atoms in total. The summed E-state index contributed by atoms with van der Waals surface area (Å²) in [6.45, 7) is 4.60. The summed E-state index contributed by atoms with van der Waals surface area (Å²) in [4.78, 5) is 63.4. The van der Waals surface area contributed by atoms with Crippen LogP contribution in [0.5, 0.6) is 0 Å². The normalized spacial score (nSPS) is 16.2. The van der Waals surface area contributed by atoms with Crippen molar-refractivity contribution in [1.29, 1.82) is 0 Å². The van der Waals surface area contributed by atoms with Crippen molar-refractivity contribution < 1.29 is 29.4 Å². The molecule has 0 radical (unpaired) electrons. The van der Waals surface area contributed by atoms with Crippen molar-refractivity contribution >= 4 is 23.8 Å². The van der Waals surface area contributed by atoms with Gasteiger partial charge in [-0.2, -0.15) is 0 Å². The molecule has 0 unspecified atom stereocenters. The van der Waals surface area contributed by atoms with E-state index in [0.717, 1.165) is 43.4 Å². The lowest BCUT2D eigenvalue weighted by Gasteiger charge is -2.34. The van der Waals surface area contributed by atoms with E-state index in [-0.39, 0.29) is 30.6 Å². The van der Waals surface area contributed by atoms with Gasteiger partial charge in [0.25, 0.3) is 0 Å². The number of aliphatic hydroxyl groups excluding tert-OH is 1. The number of aromatic nitrogens is 3. The number of H-pyrrole nitrogens is 1. The molecule has 1 aliphatic rings. The fourth-order valence-electron chi connectivity index (χ4n) is 7.18. The summed E-state index contributed by atoms with van der Waals surface area (Å²) >= 11 is 0. The van der Waals surface area contributed by atoms with Gasteiger partial charge in [0.15, 0.2) is 0 Å². The first-order chi connectivity index (χ1) is 25.6. The average Bonchev–Trinajstić information content (AvgIpc) is 3.67. The minimum atomic E-state index is -1.35. The van der Waals surface area contributed by atoms with E-state index in [2.05, 4.69) is 50.1 Å². The van der Waals surface area contributed by atoms with Crippen LogP contribution in [0.4, 0.5) is 4.79 Å². The van der Waals surface area contributed by atoms with E-state index in [4.69, 9.17) is 0 Å². The van der Waals surface area contributed by atoms with Crippen molar-refractivity contribution in [3.8, 4) is 0 Å². The predicted molar refractivity (Wildman–Crippen MR) is 201 cm³/mol. The third-order valence-corrected chi connectivity index (χ3v) is 10.3. The fourth-order valence-corrected chi connectivity index (χ4v) is 7.18. The number of carbonyl (C=O) groups is 4. The highest BCUT2D eigenvalue weighted by atomic mass is 16.4. The van der Waals surface area contributed by atoms with Gasteiger partial charge in [-0.05, 0) is 61.1 Å². The maximum Gasteiger partial charge on any atom is 0.405 e. The van der Waals surface area contributed by atoms with Crippen molar-refractivity contribution in [2.75, 3.05) is 0 Å². The monoisotopic (exact) mass is 731 g/mol. The number of carboxylic acid groups (broad SMARTS) is 1. The molecule has 3 aromatic rings. The van der Waals surface area contributed by atoms with E-state index < -0.39 is 42.1 Å². The Morgan fingerprint density at radius 2 is 1.58 bits per heavy atom. The molecular formula is C40H57N7O6. The van der Waals surface area contributed by atoms with Gasteiger partial charge in [0.1, 0.15) is 12.1 Å². The number of rotatable bonds is 21. The van der Waals surface area contributed by atoms with Crippen molar-refractivity contribution in [3.63, 3.8) is 0 Å². The first-order valence-electron chi connectivity index (χ1n) is 19.0. The molecule has 1 fully saturated rings. The summed E-state index contributed by atoms with van der Waals surface area (Å²) in [6, 6.07) is 11.9. The van der Waals surface area contributed by atoms with Gasteiger partial charge in [0.05, 0.1) is 36.4 Å². The molecule has 5 atom stereocenters. The van der Waals surface area contributed by atoms with Crippen LogP contribution in [-0.4, -0.2) is 73.2 Å². The Morgan fingerprint density at radius 1 is 0.868 bits per heavy atom. The molecule has 2 aromatic heterocycles. The first kappa shape index (κ1) is 41.0. The molecular weight excluding hydrogens is 674 g/mol. The highest BCUT2D eigenvalue weighted by molar-refractivity contribution is 5.91. The molecule has 53 heavy (non-hydrogen) atoms. The second kappa shape index (κ2) is 21.7. The van der Waals surface area contributed by atoms with Crippen LogP contribution in [0, 0.1) is 17.8 Å². The highest BCUT2D eigenvalue weighted by Gasteiger charge is 2.33. The van der Waals surface area contributed by atoms with Crippen LogP contribution in [0.25, 0.3) is 0 Å². The molecule has 7 N–H and O–H groups in total. The number of aromatic amines is 1. The molecule has 2 heterocycles. The smallest absolute Gasteiger partial charge is 0.405 e. The van der Waals surface area contributed by atoms with Gasteiger partial charge in [-0.15, -0.1) is 0 Å². The number of amides is 4. The van der Waals surface area contributed by atoms with E-state index in [9.17, 15) is 29.4 Å². The molecule has 0 bridgehead atoms. The summed E-state index contributed by atoms with van der Waals surface area (Å²) in [6.07, 6.45) is 11.0. The Hall–Kier alpha value is -4.78. The third-order valence-electron chi connectivity index (χ3n) is 10.3. The quantitative estimate of drug-likeness (QED) is 0.0820. The fraction of sp³-hybridized carbons (Fsp3) is 0.550. The SMILES string of the molecule is CC(C)[C@@H](CCCC(=O)NCc1ccccn1)C[C@@H](O)[C@H](CC1CCCCC1)NC(=O)[C@H](Cc1c[nH]cn1)NC(=O)[C@H](Cc1ccccc1)NC(=O)O. The van der Waals surface area contributed by atoms with Crippen LogP contribution in [0.2, 0.25) is 0 Å². The van der Waals surface area contributed by atoms with Crippen LogP contribution in [0.1, 0.15) is 95.0 Å². The molecule has 1 saturated carbocycles. The maximum atomic E-state index is 14.1. The lowest BCUT2D eigenvalue weighted by Crippen LogP contribution is -2.57. The molecule has 13 heteroatoms. The van der Waals surface area contributed by atoms with Crippen molar-refractivity contribution in [2.45, 2.75) is 122 Å². The summed E-state index contributed by atoms with van der Waals surface area (Å²) in [5.74, 6) is -0.461. The van der Waals surface area contributed by atoms with Gasteiger partial charge in [0, 0.05) is 31.7 Å². The summed E-state index contributed by atoms with van der Waals surface area (Å²) < 4.78 is 0. The summed E-state index contributed by atoms with van der Waals surface area (Å²) in [7, 11) is 0. The zero-order valence-electron chi connectivity index (χ0n) is 31.0. The molecule has 1 aliphatic carbocycles. The predicted octanol–water partition coefficient (Wildman–Crippen LogP) is 4.68. The lowest BCUT2D eigenvalue weighted by atomic mass is 9.80. The van der Waals surface area contributed by atoms with E-state index in [1.807, 2.05) is 36.4 Å². The Morgan fingerprint density at radius 3 is 2.25 bits per heavy atom. The maximum absolute atomic E-state index is 14.1. The largest absolute Gasteiger partial charge is 0.465 e. The summed E-state index contributed by atoms with van der Waals surface area (Å²) in [5.41, 5.74) is 2.10. The van der Waals surface area contributed by atoms with Crippen LogP contribution in [0.15, 0.2) is 67.3 Å². The number of carbonyl (C=O) groups excluding carboxylic acids is 3. The van der Waals surface area contributed by atoms with E-state index in [1.54, 1.807) is 24.5 Å². The average molecular weight is 732 g/mol. The number of nitrogens with zero attached hydrogens (tertiary/aromatic N) is 2. The number of imidazole rings is 1. The Balaban J connectivity index is 1.44. The zero-order valence-corrected chi connectivity index (χ0v) is 31.0. The molecule has 4 rings (SSSR count). The summed E-state index contributed by atoms with van der Waals surface area (Å²) in [5, 5.41) is 32.5. The minimum Gasteiger partial charge on any atom is -0.465 e. The number of aliphatic hydroxyl groups is 1. The van der Waals surface area contributed by atoms with E-state index >= 15 is 0 Å². The van der Waals surface area contributed by atoms with Crippen LogP contribution in [-0.2, 0) is 33.8 Å². The second-order valence-electron chi connectivity index (χ2n) is 14.7. The Kier molecular flexibility index (Phi) is 16.8. The van der Waals surface area contributed by atoms with Gasteiger partial charge >= 0.3 is 6.09 Å². The van der Waals surface area contributed by atoms with Gasteiger partial charge in [0.2, 0.25) is 17.7 Å². The highest BCUT2D eigenvalue weighted by Crippen LogP contribution is 2.31. The van der Waals surface area contributed by atoms with Crippen LogP contribution in [0.3, 0.4) is 0 Å². The molecule has 1 aromatic carbocycles. The van der Waals surface area contributed by atoms with Crippen molar-refractivity contribution in [1.82, 2.24) is 36.2 Å². The number of hydrogen-bond acceptors (Lipinski definition) is 7. The number of pyridine rings is 1. The zero-order chi connectivity index (χ0) is 38.0. The second-order valence-corrected chi connectivity index (χ2v) is 14.7. The number of nitrogens with one attached hydrogen (secondary N) is 5. The van der Waals surface area contributed by atoms with Gasteiger partial charge in [-0.1, -0.05) is 82.3 Å². The van der Waals surface area contributed by atoms with Gasteiger partial charge < -0.3 is 36.5 Å². The standard InChI is InChI=1S/C40H57N7O6/c1-27(2)30(16-11-18-37(49)43-25-31-17-9-10-19-42-31)22-36(48)33(20-28-12-5-3-6-13-28)45-39(51)35(23-32-24-41-26-44-32)46-38(50)34(47-40(52)53)21-29-14-7-4-8-15-29/h4,7-10,14-15,17,19,24,26-28,30,33-36,47-48H,3,5-6,11-13,16,18,20-23,25H2,1-2H3,(H,41,44)(H,43,49)(H,45,51)(H,46,50)(H,52,53)/t30-,33-,34-,35-,36+/m0/s1.